The molecule has 3 rings (SSSR count). The first kappa shape index (κ1) is 19.1. The summed E-state index contributed by atoms with van der Waals surface area (Å²) in [6.07, 6.45) is 0.367. The van der Waals surface area contributed by atoms with E-state index >= 15 is 0 Å². The van der Waals surface area contributed by atoms with E-state index in [1.165, 1.54) is 31.4 Å². The molecule has 6 nitrogen and oxygen atoms in total. The number of nitrogens with zero attached hydrogens (tertiary/aromatic N) is 1. The molecular formula is C19H19FN2O4S. The topological polar surface area (TPSA) is 81.4 Å². The quantitative estimate of drug-likeness (QED) is 0.669. The Bertz CT molecular complexity index is 1010. The van der Waals surface area contributed by atoms with Gasteiger partial charge in [-0.15, -0.1) is 0 Å². The molecule has 8 heteroatoms. The predicted molar refractivity (Wildman–Crippen MR) is 98.5 cm³/mol. The van der Waals surface area contributed by atoms with Crippen molar-refractivity contribution < 1.29 is 22.0 Å². The van der Waals surface area contributed by atoms with Gasteiger partial charge in [-0.25, -0.2) is 22.5 Å². The maximum absolute atomic E-state index is 13.0. The predicted octanol–water partition coefficient (Wildman–Crippen LogP) is 3.32. The molecule has 0 atom stereocenters. The average Bonchev–Trinajstić information content (AvgIpc) is 3.03. The second-order valence-corrected chi connectivity index (χ2v) is 7.62. The third-order valence-electron chi connectivity index (χ3n) is 4.01. The molecule has 0 amide bonds. The highest BCUT2D eigenvalue weighted by Crippen LogP contribution is 2.22. The minimum Gasteiger partial charge on any atom is -0.497 e. The second-order valence-electron chi connectivity index (χ2n) is 5.85. The van der Waals surface area contributed by atoms with E-state index in [1.807, 2.05) is 0 Å². The lowest BCUT2D eigenvalue weighted by Gasteiger charge is -2.07. The van der Waals surface area contributed by atoms with Crippen molar-refractivity contribution in [2.24, 2.45) is 0 Å². The van der Waals surface area contributed by atoms with Crippen LogP contribution in [-0.2, 0) is 16.4 Å². The smallest absolute Gasteiger partial charge is 0.240 e. The number of hydrogen-bond acceptors (Lipinski definition) is 5. The fourth-order valence-electron chi connectivity index (χ4n) is 2.52. The number of methoxy groups -OCH3 is 1. The number of halogens is 1. The fourth-order valence-corrected chi connectivity index (χ4v) is 3.55. The molecule has 1 heterocycles. The molecule has 3 aromatic rings. The summed E-state index contributed by atoms with van der Waals surface area (Å²) < 4.78 is 50.9. The standard InChI is InChI=1S/C19H19FN2O4S/c1-13-18(22-19(26-13)14-3-5-15(20)6-4-14)11-12-21-27(23,24)17-9-7-16(25-2)8-10-17/h3-10,21H,11-12H2,1-2H3. The van der Waals surface area contributed by atoms with Gasteiger partial charge in [0.25, 0.3) is 0 Å². The summed E-state index contributed by atoms with van der Waals surface area (Å²) in [7, 11) is -2.11. The highest BCUT2D eigenvalue weighted by molar-refractivity contribution is 7.89. The van der Waals surface area contributed by atoms with Crippen molar-refractivity contribution in [3.05, 3.63) is 65.8 Å². The molecule has 1 N–H and O–H groups in total. The van der Waals surface area contributed by atoms with Crippen LogP contribution in [0, 0.1) is 12.7 Å². The largest absolute Gasteiger partial charge is 0.497 e. The Morgan fingerprint density at radius 1 is 1.11 bits per heavy atom. The zero-order chi connectivity index (χ0) is 19.4. The van der Waals surface area contributed by atoms with E-state index in [0.717, 1.165) is 0 Å². The molecule has 0 spiro atoms. The molecule has 0 unspecified atom stereocenters. The average molecular weight is 390 g/mol. The highest BCUT2D eigenvalue weighted by atomic mass is 32.2. The maximum Gasteiger partial charge on any atom is 0.240 e. The van der Waals surface area contributed by atoms with E-state index in [4.69, 9.17) is 9.15 Å². The van der Waals surface area contributed by atoms with Crippen LogP contribution in [0.15, 0.2) is 57.8 Å². The molecule has 142 valence electrons. The number of hydrogen-bond donors (Lipinski definition) is 1. The van der Waals surface area contributed by atoms with Gasteiger partial charge in [0.1, 0.15) is 17.3 Å². The van der Waals surface area contributed by atoms with Gasteiger partial charge in [0, 0.05) is 18.5 Å². The van der Waals surface area contributed by atoms with E-state index in [0.29, 0.717) is 35.1 Å². The molecule has 27 heavy (non-hydrogen) atoms. The van der Waals surface area contributed by atoms with Crippen molar-refractivity contribution in [1.82, 2.24) is 9.71 Å². The van der Waals surface area contributed by atoms with Crippen LogP contribution in [0.1, 0.15) is 11.5 Å². The van der Waals surface area contributed by atoms with E-state index < -0.39 is 10.0 Å². The first-order valence-corrected chi connectivity index (χ1v) is 9.73. The molecule has 0 aliphatic heterocycles. The lowest BCUT2D eigenvalue weighted by molar-refractivity contribution is 0.414. The summed E-state index contributed by atoms with van der Waals surface area (Å²) in [5, 5.41) is 0. The molecule has 0 aliphatic rings. The van der Waals surface area contributed by atoms with Crippen LogP contribution >= 0.6 is 0 Å². The lowest BCUT2D eigenvalue weighted by atomic mass is 10.2. The molecule has 0 saturated heterocycles. The van der Waals surface area contributed by atoms with Crippen molar-refractivity contribution in [3.63, 3.8) is 0 Å². The summed E-state index contributed by atoms with van der Waals surface area (Å²) in [6.45, 7) is 1.93. The van der Waals surface area contributed by atoms with Crippen LogP contribution in [0.2, 0.25) is 0 Å². The van der Waals surface area contributed by atoms with Gasteiger partial charge < -0.3 is 9.15 Å². The van der Waals surface area contributed by atoms with Gasteiger partial charge >= 0.3 is 0 Å². The zero-order valence-corrected chi connectivity index (χ0v) is 15.7. The maximum atomic E-state index is 13.0. The Hall–Kier alpha value is -2.71. The fraction of sp³-hybridized carbons (Fsp3) is 0.211. The van der Waals surface area contributed by atoms with Crippen LogP contribution in [0.5, 0.6) is 5.75 Å². The van der Waals surface area contributed by atoms with Gasteiger partial charge in [0.2, 0.25) is 15.9 Å². The van der Waals surface area contributed by atoms with Crippen LogP contribution in [0.25, 0.3) is 11.5 Å². The molecule has 0 radical (unpaired) electrons. The normalized spacial score (nSPS) is 11.5. The Balaban J connectivity index is 1.65. The van der Waals surface area contributed by atoms with Gasteiger partial charge in [-0.3, -0.25) is 0 Å². The van der Waals surface area contributed by atoms with Crippen molar-refractivity contribution in [2.75, 3.05) is 13.7 Å². The summed E-state index contributed by atoms with van der Waals surface area (Å²) in [4.78, 5) is 4.54. The number of ether oxygens (including phenoxy) is 1. The molecular weight excluding hydrogens is 371 g/mol. The highest BCUT2D eigenvalue weighted by Gasteiger charge is 2.16. The van der Waals surface area contributed by atoms with E-state index in [-0.39, 0.29) is 17.3 Å². The number of aromatic nitrogens is 1. The number of rotatable bonds is 7. The van der Waals surface area contributed by atoms with Gasteiger partial charge in [-0.1, -0.05) is 0 Å². The van der Waals surface area contributed by atoms with Gasteiger partial charge in [0.15, 0.2) is 0 Å². The number of nitrogens with one attached hydrogen (secondary N) is 1. The summed E-state index contributed by atoms with van der Waals surface area (Å²) in [5.74, 6) is 1.22. The minimum absolute atomic E-state index is 0.159. The van der Waals surface area contributed by atoms with Crippen LogP contribution < -0.4 is 9.46 Å². The monoisotopic (exact) mass is 390 g/mol. The van der Waals surface area contributed by atoms with Crippen LogP contribution in [0.3, 0.4) is 0 Å². The Kier molecular flexibility index (Phi) is 5.57. The molecule has 0 saturated carbocycles. The lowest BCUT2D eigenvalue weighted by Crippen LogP contribution is -2.26. The van der Waals surface area contributed by atoms with E-state index in [9.17, 15) is 12.8 Å². The van der Waals surface area contributed by atoms with Gasteiger partial charge in [0.05, 0.1) is 17.7 Å². The van der Waals surface area contributed by atoms with Gasteiger partial charge in [-0.05, 0) is 55.5 Å². The molecule has 0 bridgehead atoms. The van der Waals surface area contributed by atoms with Crippen molar-refractivity contribution in [3.8, 4) is 17.2 Å². The van der Waals surface area contributed by atoms with Crippen LogP contribution in [0.4, 0.5) is 4.39 Å². The molecule has 1 aromatic heterocycles. The first-order valence-electron chi connectivity index (χ1n) is 8.25. The number of sulfonamides is 1. The third kappa shape index (κ3) is 4.53. The Morgan fingerprint density at radius 2 is 1.78 bits per heavy atom. The number of aryl methyl sites for hydroxylation is 1. The summed E-state index contributed by atoms with van der Waals surface area (Å²) in [6, 6.07) is 12.0. The van der Waals surface area contributed by atoms with Gasteiger partial charge in [-0.2, -0.15) is 0 Å². The second kappa shape index (κ2) is 7.89. The SMILES string of the molecule is COc1ccc(S(=O)(=O)NCCc2nc(-c3ccc(F)cc3)oc2C)cc1. The van der Waals surface area contributed by atoms with E-state index in [2.05, 4.69) is 9.71 Å². The minimum atomic E-state index is -3.62. The third-order valence-corrected chi connectivity index (χ3v) is 5.48. The van der Waals surface area contributed by atoms with Crippen LogP contribution in [-0.4, -0.2) is 27.1 Å². The van der Waals surface area contributed by atoms with Crippen molar-refractivity contribution in [1.29, 1.82) is 0 Å². The Labute approximate surface area is 157 Å². The Morgan fingerprint density at radius 3 is 2.41 bits per heavy atom. The van der Waals surface area contributed by atoms with E-state index in [1.54, 1.807) is 31.2 Å². The number of benzene rings is 2. The van der Waals surface area contributed by atoms with Crippen molar-refractivity contribution >= 4 is 10.0 Å². The number of oxazole rings is 1. The zero-order valence-electron chi connectivity index (χ0n) is 14.9. The molecule has 2 aromatic carbocycles. The first-order chi connectivity index (χ1) is 12.9. The molecule has 0 aliphatic carbocycles. The molecule has 0 fully saturated rings. The summed E-state index contributed by atoms with van der Waals surface area (Å²) in [5.41, 5.74) is 1.30. The van der Waals surface area contributed by atoms with Crippen molar-refractivity contribution in [2.45, 2.75) is 18.2 Å². The summed E-state index contributed by atoms with van der Waals surface area (Å²) >= 11 is 0.